The fourth-order valence-corrected chi connectivity index (χ4v) is 6.48. The maximum atomic E-state index is 13.9. The second kappa shape index (κ2) is 11.3. The van der Waals surface area contributed by atoms with Gasteiger partial charge in [-0.3, -0.25) is 0 Å². The van der Waals surface area contributed by atoms with Crippen LogP contribution in [0.4, 0.5) is 0 Å². The van der Waals surface area contributed by atoms with Crippen LogP contribution in [0, 0.1) is 13.8 Å². The molecule has 0 aliphatic carbocycles. The van der Waals surface area contributed by atoms with Gasteiger partial charge in [-0.15, -0.1) is 11.3 Å². The number of methoxy groups -OCH3 is 3. The van der Waals surface area contributed by atoms with Crippen LogP contribution in [-0.2, 0) is 27.8 Å². The normalized spacial score (nSPS) is 13.6. The summed E-state index contributed by atoms with van der Waals surface area (Å²) in [5.74, 6) is 1.44. The van der Waals surface area contributed by atoms with Crippen LogP contribution in [-0.4, -0.2) is 44.3 Å². The first-order valence-electron chi connectivity index (χ1n) is 10.9. The maximum Gasteiger partial charge on any atom is 0.220 e. The van der Waals surface area contributed by atoms with Crippen LogP contribution in [0.3, 0.4) is 0 Å². The number of ether oxygens (including phenoxy) is 3. The lowest BCUT2D eigenvalue weighted by Gasteiger charge is -2.29. The van der Waals surface area contributed by atoms with E-state index in [0.29, 0.717) is 5.01 Å². The Kier molecular flexibility index (Phi) is 8.70. The molecule has 184 valence electrons. The minimum atomic E-state index is -3.78. The third-order valence-electron chi connectivity index (χ3n) is 5.83. The first-order chi connectivity index (χ1) is 16.2. The number of aromatic nitrogens is 1. The molecule has 9 heteroatoms. The summed E-state index contributed by atoms with van der Waals surface area (Å²) in [6.07, 6.45) is -0.670. The average Bonchev–Trinajstić information content (AvgIpc) is 3.17. The number of aryl methyl sites for hydroxylation is 2. The maximum absolute atomic E-state index is 13.9. The molecule has 0 saturated carbocycles. The first-order valence-corrected chi connectivity index (χ1v) is 13.2. The lowest BCUT2D eigenvalue weighted by Crippen LogP contribution is -2.40. The first kappa shape index (κ1) is 26.2. The molecule has 0 aliphatic heterocycles. The Balaban J connectivity index is 1.95. The molecule has 34 heavy (non-hydrogen) atoms. The monoisotopic (exact) mass is 504 g/mol. The van der Waals surface area contributed by atoms with Crippen LogP contribution < -0.4 is 9.47 Å². The molecular formula is C25H32N2O5S2. The molecule has 0 spiro atoms. The van der Waals surface area contributed by atoms with E-state index in [0.717, 1.165) is 33.2 Å². The molecule has 0 radical (unpaired) electrons. The van der Waals surface area contributed by atoms with Crippen LogP contribution in [0.25, 0.3) is 0 Å². The molecule has 0 saturated heterocycles. The molecule has 7 nitrogen and oxygen atoms in total. The predicted octanol–water partition coefficient (Wildman–Crippen LogP) is 4.89. The number of nitrogens with zero attached hydrogens (tertiary/aromatic N) is 2. The molecule has 1 heterocycles. The van der Waals surface area contributed by atoms with Gasteiger partial charge in [-0.2, -0.15) is 4.31 Å². The van der Waals surface area contributed by atoms with Gasteiger partial charge in [0, 0.05) is 25.1 Å². The quantitative estimate of drug-likeness (QED) is 0.370. The van der Waals surface area contributed by atoms with Crippen LogP contribution >= 0.6 is 11.3 Å². The largest absolute Gasteiger partial charge is 0.497 e. The van der Waals surface area contributed by atoms with E-state index in [1.807, 2.05) is 62.4 Å². The van der Waals surface area contributed by atoms with Gasteiger partial charge in [0.25, 0.3) is 0 Å². The molecule has 0 N–H and O–H groups in total. The highest BCUT2D eigenvalue weighted by atomic mass is 32.2. The summed E-state index contributed by atoms with van der Waals surface area (Å²) in [7, 11) is 0.951. The number of benzene rings is 2. The van der Waals surface area contributed by atoms with Crippen molar-refractivity contribution in [2.75, 3.05) is 21.3 Å². The Morgan fingerprint density at radius 3 is 1.71 bits per heavy atom. The van der Waals surface area contributed by atoms with Crippen LogP contribution in [0.15, 0.2) is 48.5 Å². The highest BCUT2D eigenvalue weighted by molar-refractivity contribution is 7.89. The Labute approximate surface area is 206 Å². The second-order valence-corrected chi connectivity index (χ2v) is 11.6. The Bertz CT molecular complexity index is 1110. The van der Waals surface area contributed by atoms with Gasteiger partial charge < -0.3 is 14.2 Å². The summed E-state index contributed by atoms with van der Waals surface area (Å²) >= 11 is 1.47. The summed E-state index contributed by atoms with van der Waals surface area (Å²) in [5, 5.41) is -0.165. The van der Waals surface area contributed by atoms with E-state index in [2.05, 4.69) is 4.98 Å². The minimum Gasteiger partial charge on any atom is -0.497 e. The Hall–Kier alpha value is -2.46. The van der Waals surface area contributed by atoms with E-state index >= 15 is 0 Å². The average molecular weight is 505 g/mol. The summed E-state index contributed by atoms with van der Waals surface area (Å²) in [6, 6.07) is 14.8. The van der Waals surface area contributed by atoms with Gasteiger partial charge in [0.15, 0.2) is 0 Å². The zero-order valence-electron chi connectivity index (χ0n) is 20.4. The standard InChI is InChI=1S/C25H32N2O5S2/c1-17-18(2)33-25(26-17)24(32-6)19(3)34(28,29)27(15-20-7-11-22(30-4)12-8-20)16-21-9-13-23(31-5)14-10-21/h7-14,19,24H,15-16H2,1-6H3. The zero-order valence-corrected chi connectivity index (χ0v) is 22.1. The van der Waals surface area contributed by atoms with E-state index in [1.165, 1.54) is 22.8 Å². The highest BCUT2D eigenvalue weighted by Crippen LogP contribution is 2.33. The van der Waals surface area contributed by atoms with Crippen molar-refractivity contribution in [1.29, 1.82) is 0 Å². The molecular weight excluding hydrogens is 472 g/mol. The third kappa shape index (κ3) is 5.96. The lowest BCUT2D eigenvalue weighted by atomic mass is 10.2. The van der Waals surface area contributed by atoms with Crippen molar-refractivity contribution in [1.82, 2.24) is 9.29 Å². The SMILES string of the molecule is COc1ccc(CN(Cc2ccc(OC)cc2)S(=O)(=O)C(C)C(OC)c2nc(C)c(C)s2)cc1. The number of rotatable bonds is 11. The predicted molar refractivity (Wildman–Crippen MR) is 135 cm³/mol. The molecule has 3 aromatic rings. The van der Waals surface area contributed by atoms with Crippen LogP contribution in [0.1, 0.15) is 39.7 Å². The third-order valence-corrected chi connectivity index (χ3v) is 9.13. The van der Waals surface area contributed by atoms with Gasteiger partial charge in [0.2, 0.25) is 10.0 Å². The van der Waals surface area contributed by atoms with Crippen molar-refractivity contribution < 1.29 is 22.6 Å². The topological polar surface area (TPSA) is 78.0 Å². The summed E-state index contributed by atoms with van der Waals surface area (Å²) in [4.78, 5) is 5.62. The molecule has 1 aromatic heterocycles. The van der Waals surface area contributed by atoms with Crippen molar-refractivity contribution in [3.05, 3.63) is 75.2 Å². The molecule has 0 bridgehead atoms. The van der Waals surface area contributed by atoms with Gasteiger partial charge >= 0.3 is 0 Å². The molecule has 0 fully saturated rings. The number of thiazole rings is 1. The zero-order chi connectivity index (χ0) is 24.9. The van der Waals surface area contributed by atoms with Crippen molar-refractivity contribution in [3.63, 3.8) is 0 Å². The van der Waals surface area contributed by atoms with Crippen molar-refractivity contribution in [2.45, 2.75) is 45.2 Å². The molecule has 3 rings (SSSR count). The van der Waals surface area contributed by atoms with Crippen LogP contribution in [0.2, 0.25) is 0 Å². The fourth-order valence-electron chi connectivity index (χ4n) is 3.61. The van der Waals surface area contributed by atoms with Gasteiger partial charge in [0.05, 0.1) is 19.9 Å². The van der Waals surface area contributed by atoms with E-state index in [-0.39, 0.29) is 13.1 Å². The molecule has 2 unspecified atom stereocenters. The minimum absolute atomic E-state index is 0.217. The molecule has 0 aliphatic rings. The second-order valence-electron chi connectivity index (χ2n) is 8.06. The van der Waals surface area contributed by atoms with E-state index in [9.17, 15) is 8.42 Å². The van der Waals surface area contributed by atoms with E-state index in [4.69, 9.17) is 14.2 Å². The number of hydrogen-bond donors (Lipinski definition) is 0. The summed E-state index contributed by atoms with van der Waals surface area (Å²) < 4.78 is 45.5. The van der Waals surface area contributed by atoms with Gasteiger partial charge in [0.1, 0.15) is 27.9 Å². The van der Waals surface area contributed by atoms with Crippen molar-refractivity contribution >= 4 is 21.4 Å². The summed E-state index contributed by atoms with van der Waals surface area (Å²) in [6.45, 7) is 6.01. The molecule has 0 amide bonds. The van der Waals surface area contributed by atoms with Gasteiger partial charge in [-0.1, -0.05) is 24.3 Å². The van der Waals surface area contributed by atoms with E-state index in [1.54, 1.807) is 21.1 Å². The number of hydrogen-bond acceptors (Lipinski definition) is 7. The lowest BCUT2D eigenvalue weighted by molar-refractivity contribution is 0.100. The molecule has 2 aromatic carbocycles. The molecule has 2 atom stereocenters. The smallest absolute Gasteiger partial charge is 0.220 e. The fraction of sp³-hybridized carbons (Fsp3) is 0.400. The Morgan fingerprint density at radius 1 is 0.882 bits per heavy atom. The Morgan fingerprint density at radius 2 is 1.35 bits per heavy atom. The van der Waals surface area contributed by atoms with Gasteiger partial charge in [-0.05, 0) is 56.2 Å². The van der Waals surface area contributed by atoms with Gasteiger partial charge in [-0.25, -0.2) is 13.4 Å². The van der Waals surface area contributed by atoms with E-state index < -0.39 is 21.4 Å². The van der Waals surface area contributed by atoms with Crippen molar-refractivity contribution in [3.8, 4) is 11.5 Å². The number of sulfonamides is 1. The van der Waals surface area contributed by atoms with Crippen LogP contribution in [0.5, 0.6) is 11.5 Å². The van der Waals surface area contributed by atoms with Crippen molar-refractivity contribution in [2.24, 2.45) is 0 Å². The highest BCUT2D eigenvalue weighted by Gasteiger charge is 2.37. The summed E-state index contributed by atoms with van der Waals surface area (Å²) in [5.41, 5.74) is 2.61.